The molecule has 4 rings (SSSR count). The Balaban J connectivity index is 1.62. The summed E-state index contributed by atoms with van der Waals surface area (Å²) in [6.07, 6.45) is 3.52. The molecule has 2 aromatic heterocycles. The fourth-order valence-electron chi connectivity index (χ4n) is 3.83. The number of halogens is 3. The van der Waals surface area contributed by atoms with Gasteiger partial charge >= 0.3 is 0 Å². The number of hydrogen-bond acceptors (Lipinski definition) is 3. The van der Waals surface area contributed by atoms with Gasteiger partial charge in [0, 0.05) is 35.7 Å². The van der Waals surface area contributed by atoms with Gasteiger partial charge in [0.05, 0.1) is 22.8 Å². The zero-order valence-electron chi connectivity index (χ0n) is 18.3. The van der Waals surface area contributed by atoms with E-state index in [4.69, 9.17) is 23.2 Å². The smallest absolute Gasteiger partial charge is 0.225 e. The number of aryl methyl sites for hydroxylation is 2. The van der Waals surface area contributed by atoms with Crippen molar-refractivity contribution in [3.63, 3.8) is 0 Å². The Labute approximate surface area is 201 Å². The maximum Gasteiger partial charge on any atom is 0.225 e. The first-order chi connectivity index (χ1) is 15.7. The molecule has 0 aliphatic heterocycles. The van der Waals surface area contributed by atoms with E-state index in [-0.39, 0.29) is 18.1 Å². The van der Waals surface area contributed by atoms with Crippen LogP contribution in [0.5, 0.6) is 0 Å². The number of benzene rings is 2. The second-order valence-electron chi connectivity index (χ2n) is 7.79. The fraction of sp³-hybridized carbons (Fsp3) is 0.208. The predicted molar refractivity (Wildman–Crippen MR) is 126 cm³/mol. The van der Waals surface area contributed by atoms with Gasteiger partial charge in [0.25, 0.3) is 0 Å². The number of nitrogens with zero attached hydrogens (tertiary/aromatic N) is 4. The lowest BCUT2D eigenvalue weighted by atomic mass is 10.0. The molecule has 0 aliphatic rings. The van der Waals surface area contributed by atoms with Gasteiger partial charge in [-0.05, 0) is 49.7 Å². The van der Waals surface area contributed by atoms with Crippen molar-refractivity contribution in [3.8, 4) is 5.69 Å². The zero-order valence-corrected chi connectivity index (χ0v) is 19.8. The molecule has 170 valence electrons. The normalized spacial score (nSPS) is 12.1. The van der Waals surface area contributed by atoms with E-state index in [1.54, 1.807) is 52.0 Å². The quantitative estimate of drug-likeness (QED) is 0.412. The van der Waals surface area contributed by atoms with Gasteiger partial charge in [0.2, 0.25) is 5.91 Å². The van der Waals surface area contributed by atoms with Gasteiger partial charge in [-0.1, -0.05) is 35.3 Å². The van der Waals surface area contributed by atoms with Crippen LogP contribution in [0.15, 0.2) is 54.9 Å². The Morgan fingerprint density at radius 1 is 1.18 bits per heavy atom. The molecule has 0 saturated carbocycles. The molecule has 0 spiro atoms. The van der Waals surface area contributed by atoms with Crippen molar-refractivity contribution in [3.05, 3.63) is 99.1 Å². The summed E-state index contributed by atoms with van der Waals surface area (Å²) in [7, 11) is 1.83. The minimum Gasteiger partial charge on any atom is -0.342 e. The summed E-state index contributed by atoms with van der Waals surface area (Å²) in [5.41, 5.74) is 3.59. The van der Waals surface area contributed by atoms with E-state index in [9.17, 15) is 9.18 Å². The lowest BCUT2D eigenvalue weighted by Gasteiger charge is -2.19. The summed E-state index contributed by atoms with van der Waals surface area (Å²) in [4.78, 5) is 17.5. The molecule has 0 saturated heterocycles. The number of rotatable bonds is 6. The lowest BCUT2D eigenvalue weighted by Crippen LogP contribution is -2.32. The highest BCUT2D eigenvalue weighted by Crippen LogP contribution is 2.27. The van der Waals surface area contributed by atoms with Crippen LogP contribution in [-0.4, -0.2) is 25.2 Å². The van der Waals surface area contributed by atoms with Crippen LogP contribution >= 0.6 is 23.2 Å². The summed E-state index contributed by atoms with van der Waals surface area (Å²) < 4.78 is 17.4. The van der Waals surface area contributed by atoms with Gasteiger partial charge in [0.15, 0.2) is 0 Å². The molecule has 0 radical (unpaired) electrons. The molecule has 0 aliphatic carbocycles. The van der Waals surface area contributed by atoms with Crippen molar-refractivity contribution in [1.82, 2.24) is 24.6 Å². The molecule has 1 atom stereocenters. The van der Waals surface area contributed by atoms with Crippen molar-refractivity contribution in [2.75, 3.05) is 0 Å². The largest absolute Gasteiger partial charge is 0.342 e. The average molecular weight is 486 g/mol. The fourth-order valence-corrected chi connectivity index (χ4v) is 4.32. The molecular formula is C24H22Cl2FN5O. The summed E-state index contributed by atoms with van der Waals surface area (Å²) in [6.45, 7) is 3.73. The molecule has 9 heteroatoms. The Bertz CT molecular complexity index is 1330. The third kappa shape index (κ3) is 4.79. The standard InChI is InChI=1S/C24H22Cl2FN5O/c1-14-19(15(2)32(30-14)21-8-7-17(25)12-20(21)26)13-22(33)29-23(24-28-9-10-31(24)3)16-5-4-6-18(27)11-16/h4-12,23H,13H2,1-3H3,(H,29,33). The molecular weight excluding hydrogens is 464 g/mol. The topological polar surface area (TPSA) is 64.7 Å². The molecule has 33 heavy (non-hydrogen) atoms. The van der Waals surface area contributed by atoms with Crippen LogP contribution in [0.3, 0.4) is 0 Å². The van der Waals surface area contributed by atoms with Crippen LogP contribution in [-0.2, 0) is 18.3 Å². The van der Waals surface area contributed by atoms with E-state index in [2.05, 4.69) is 15.4 Å². The Morgan fingerprint density at radius 3 is 2.64 bits per heavy atom. The van der Waals surface area contributed by atoms with E-state index in [0.29, 0.717) is 32.8 Å². The van der Waals surface area contributed by atoms with Crippen molar-refractivity contribution < 1.29 is 9.18 Å². The van der Waals surface area contributed by atoms with E-state index >= 15 is 0 Å². The van der Waals surface area contributed by atoms with Crippen molar-refractivity contribution >= 4 is 29.1 Å². The number of carbonyl (C=O) groups is 1. The molecule has 1 amide bonds. The minimum absolute atomic E-state index is 0.0963. The van der Waals surface area contributed by atoms with Crippen LogP contribution in [0, 0.1) is 19.7 Å². The van der Waals surface area contributed by atoms with Gasteiger partial charge in [-0.15, -0.1) is 0 Å². The molecule has 4 aromatic rings. The predicted octanol–water partition coefficient (Wildman–Crippen LogP) is 5.12. The number of nitrogens with one attached hydrogen (secondary N) is 1. The summed E-state index contributed by atoms with van der Waals surface area (Å²) in [5.74, 6) is -0.0139. The minimum atomic E-state index is -0.602. The summed E-state index contributed by atoms with van der Waals surface area (Å²) in [5, 5.41) is 8.58. The first kappa shape index (κ1) is 23.0. The molecule has 1 N–H and O–H groups in total. The molecule has 6 nitrogen and oxygen atoms in total. The molecule has 2 aromatic carbocycles. The molecule has 2 heterocycles. The van der Waals surface area contributed by atoms with Crippen LogP contribution in [0.1, 0.15) is 34.4 Å². The second-order valence-corrected chi connectivity index (χ2v) is 8.63. The third-order valence-electron chi connectivity index (χ3n) is 5.52. The van der Waals surface area contributed by atoms with Gasteiger partial charge in [-0.25, -0.2) is 14.1 Å². The van der Waals surface area contributed by atoms with E-state index in [1.165, 1.54) is 12.1 Å². The highest BCUT2D eigenvalue weighted by atomic mass is 35.5. The SMILES string of the molecule is Cc1nn(-c2ccc(Cl)cc2Cl)c(C)c1CC(=O)NC(c1cccc(F)c1)c1nccn1C. The molecule has 0 fully saturated rings. The monoisotopic (exact) mass is 485 g/mol. The zero-order chi connectivity index (χ0) is 23.7. The Hall–Kier alpha value is -3.16. The van der Waals surface area contributed by atoms with Gasteiger partial charge in [-0.2, -0.15) is 5.10 Å². The van der Waals surface area contributed by atoms with Crippen molar-refractivity contribution in [1.29, 1.82) is 0 Å². The first-order valence-corrected chi connectivity index (χ1v) is 11.0. The Morgan fingerprint density at radius 2 is 1.97 bits per heavy atom. The maximum atomic E-state index is 13.9. The highest BCUT2D eigenvalue weighted by molar-refractivity contribution is 6.35. The van der Waals surface area contributed by atoms with E-state index in [0.717, 1.165) is 11.3 Å². The second kappa shape index (κ2) is 9.37. The number of carbonyl (C=O) groups excluding carboxylic acids is 1. The van der Waals surface area contributed by atoms with Gasteiger partial charge in [-0.3, -0.25) is 4.79 Å². The molecule has 1 unspecified atom stereocenters. The summed E-state index contributed by atoms with van der Waals surface area (Å²) in [6, 6.07) is 10.7. The number of hydrogen-bond donors (Lipinski definition) is 1. The summed E-state index contributed by atoms with van der Waals surface area (Å²) >= 11 is 12.4. The Kier molecular flexibility index (Phi) is 6.54. The van der Waals surface area contributed by atoms with Gasteiger partial charge < -0.3 is 9.88 Å². The van der Waals surface area contributed by atoms with E-state index < -0.39 is 6.04 Å². The van der Waals surface area contributed by atoms with Crippen LogP contribution in [0.4, 0.5) is 4.39 Å². The lowest BCUT2D eigenvalue weighted by molar-refractivity contribution is -0.121. The van der Waals surface area contributed by atoms with Crippen LogP contribution < -0.4 is 5.32 Å². The van der Waals surface area contributed by atoms with Gasteiger partial charge in [0.1, 0.15) is 17.7 Å². The first-order valence-electron chi connectivity index (χ1n) is 10.3. The average Bonchev–Trinajstić information content (AvgIpc) is 3.30. The maximum absolute atomic E-state index is 13.9. The van der Waals surface area contributed by atoms with Crippen LogP contribution in [0.2, 0.25) is 10.0 Å². The number of imidazole rings is 1. The molecule has 0 bridgehead atoms. The number of aromatic nitrogens is 4. The van der Waals surface area contributed by atoms with E-state index in [1.807, 2.05) is 20.9 Å². The van der Waals surface area contributed by atoms with Crippen molar-refractivity contribution in [2.24, 2.45) is 7.05 Å². The van der Waals surface area contributed by atoms with Crippen molar-refractivity contribution in [2.45, 2.75) is 26.3 Å². The third-order valence-corrected chi connectivity index (χ3v) is 6.06. The number of amides is 1. The van der Waals surface area contributed by atoms with Crippen LogP contribution in [0.25, 0.3) is 5.69 Å². The highest BCUT2D eigenvalue weighted by Gasteiger charge is 2.23.